The van der Waals surface area contributed by atoms with Crippen molar-refractivity contribution in [2.24, 2.45) is 11.8 Å². The summed E-state index contributed by atoms with van der Waals surface area (Å²) in [4.78, 5) is 13.6. The van der Waals surface area contributed by atoms with E-state index < -0.39 is 0 Å². The zero-order chi connectivity index (χ0) is 24.2. The number of benzene rings is 3. The number of methoxy groups -OCH3 is 1. The highest BCUT2D eigenvalue weighted by Crippen LogP contribution is 2.42. The minimum atomic E-state index is -0.141. The molecule has 0 saturated carbocycles. The molecule has 182 valence electrons. The highest BCUT2D eigenvalue weighted by Gasteiger charge is 2.49. The van der Waals surface area contributed by atoms with Crippen LogP contribution in [0.1, 0.15) is 40.8 Å². The number of ether oxygens (including phenoxy) is 1. The molecule has 0 aliphatic carbocycles. The second kappa shape index (κ2) is 10.6. The molecule has 6 heteroatoms. The number of amides is 1. The van der Waals surface area contributed by atoms with Gasteiger partial charge in [0.25, 0.3) is 0 Å². The molecule has 2 saturated heterocycles. The minimum absolute atomic E-state index is 0.0213. The van der Waals surface area contributed by atoms with E-state index in [9.17, 15) is 4.79 Å². The molecule has 5 rings (SSSR count). The maximum Gasteiger partial charge on any atom is 0.223 e. The van der Waals surface area contributed by atoms with Crippen molar-refractivity contribution in [1.82, 2.24) is 21.5 Å². The van der Waals surface area contributed by atoms with E-state index in [0.29, 0.717) is 6.54 Å². The van der Waals surface area contributed by atoms with E-state index in [-0.39, 0.29) is 36.0 Å². The molecule has 1 amide bonds. The molecule has 35 heavy (non-hydrogen) atoms. The number of rotatable bonds is 7. The Balaban J connectivity index is 1.36. The quantitative estimate of drug-likeness (QED) is 0.423. The number of carbonyl (C=O) groups excluding carboxylic acids is 1. The number of hydrogen-bond donors (Lipinski definition) is 4. The summed E-state index contributed by atoms with van der Waals surface area (Å²) < 4.78 is 5.33. The lowest BCUT2D eigenvalue weighted by molar-refractivity contribution is -0.128. The Morgan fingerprint density at radius 2 is 1.66 bits per heavy atom. The molecule has 0 spiro atoms. The molecule has 2 fully saturated rings. The molecular weight excluding hydrogens is 436 g/mol. The summed E-state index contributed by atoms with van der Waals surface area (Å²) >= 11 is 0. The van der Waals surface area contributed by atoms with Gasteiger partial charge in [-0.3, -0.25) is 10.1 Å². The fraction of sp³-hybridized carbons (Fsp3) is 0.345. The van der Waals surface area contributed by atoms with Gasteiger partial charge in [0, 0.05) is 24.4 Å². The molecule has 3 aromatic rings. The normalized spacial score (nSPS) is 25.6. The Morgan fingerprint density at radius 1 is 0.943 bits per heavy atom. The first kappa shape index (κ1) is 23.5. The van der Waals surface area contributed by atoms with Crippen LogP contribution in [0.15, 0.2) is 78.9 Å². The molecule has 0 bridgehead atoms. The van der Waals surface area contributed by atoms with Gasteiger partial charge in [-0.15, -0.1) is 0 Å². The van der Waals surface area contributed by atoms with Gasteiger partial charge in [-0.05, 0) is 48.6 Å². The predicted octanol–water partition coefficient (Wildman–Crippen LogP) is 3.80. The molecule has 5 atom stereocenters. The number of hydrogen-bond acceptors (Lipinski definition) is 5. The summed E-state index contributed by atoms with van der Waals surface area (Å²) in [5.74, 6) is 0.901. The van der Waals surface area contributed by atoms with E-state index >= 15 is 0 Å². The van der Waals surface area contributed by atoms with E-state index in [1.165, 1.54) is 16.7 Å². The van der Waals surface area contributed by atoms with Crippen LogP contribution < -0.4 is 26.2 Å². The van der Waals surface area contributed by atoms with Crippen molar-refractivity contribution < 1.29 is 9.53 Å². The second-order valence-electron chi connectivity index (χ2n) is 9.59. The first-order valence-corrected chi connectivity index (χ1v) is 12.4. The molecule has 2 aliphatic heterocycles. The van der Waals surface area contributed by atoms with Gasteiger partial charge >= 0.3 is 0 Å². The summed E-state index contributed by atoms with van der Waals surface area (Å²) in [6.07, 6.45) is 1.54. The van der Waals surface area contributed by atoms with Gasteiger partial charge in [-0.1, -0.05) is 72.3 Å². The van der Waals surface area contributed by atoms with Gasteiger partial charge in [0.15, 0.2) is 0 Å². The summed E-state index contributed by atoms with van der Waals surface area (Å²) in [6, 6.07) is 27.1. The van der Waals surface area contributed by atoms with Crippen LogP contribution in [-0.2, 0) is 11.2 Å². The highest BCUT2D eigenvalue weighted by atomic mass is 16.5. The Hall–Kier alpha value is -3.19. The van der Waals surface area contributed by atoms with E-state index in [1.807, 2.05) is 30.3 Å². The SMILES string of the molecule is COc1ccc(C2CC(C(=O)NCCc3ccccc3)C3C(NNC3c3ccc(C)cc3)N2)cc1. The average molecular weight is 471 g/mol. The zero-order valence-electron chi connectivity index (χ0n) is 20.3. The van der Waals surface area contributed by atoms with Crippen molar-refractivity contribution in [2.75, 3.05) is 13.7 Å². The first-order valence-electron chi connectivity index (χ1n) is 12.4. The number of nitrogens with one attached hydrogen (secondary N) is 4. The average Bonchev–Trinajstić information content (AvgIpc) is 3.33. The summed E-state index contributed by atoms with van der Waals surface area (Å²) in [7, 11) is 1.67. The fourth-order valence-corrected chi connectivity index (χ4v) is 5.41. The molecule has 2 aliphatic rings. The van der Waals surface area contributed by atoms with E-state index in [4.69, 9.17) is 4.74 Å². The van der Waals surface area contributed by atoms with Crippen LogP contribution >= 0.6 is 0 Å². The molecule has 6 nitrogen and oxygen atoms in total. The molecule has 3 aromatic carbocycles. The highest BCUT2D eigenvalue weighted by molar-refractivity contribution is 5.79. The third kappa shape index (κ3) is 5.25. The van der Waals surface area contributed by atoms with Gasteiger partial charge in [-0.25, -0.2) is 10.9 Å². The minimum Gasteiger partial charge on any atom is -0.497 e. The van der Waals surface area contributed by atoms with Gasteiger partial charge in [0.05, 0.1) is 19.3 Å². The van der Waals surface area contributed by atoms with Crippen LogP contribution in [0.4, 0.5) is 0 Å². The fourth-order valence-electron chi connectivity index (χ4n) is 5.41. The number of aryl methyl sites for hydroxylation is 1. The number of hydrazine groups is 1. The molecule has 5 unspecified atom stereocenters. The van der Waals surface area contributed by atoms with Gasteiger partial charge < -0.3 is 10.1 Å². The van der Waals surface area contributed by atoms with E-state index in [2.05, 4.69) is 76.9 Å². The van der Waals surface area contributed by atoms with Crippen LogP contribution in [-0.4, -0.2) is 25.7 Å². The Labute approximate surface area is 207 Å². The molecular formula is C29H34N4O2. The summed E-state index contributed by atoms with van der Waals surface area (Å²) in [5, 5.41) is 7.00. The first-order chi connectivity index (χ1) is 17.1. The smallest absolute Gasteiger partial charge is 0.223 e. The lowest BCUT2D eigenvalue weighted by atomic mass is 9.74. The van der Waals surface area contributed by atoms with E-state index in [1.54, 1.807) is 7.11 Å². The van der Waals surface area contributed by atoms with Gasteiger partial charge in [-0.2, -0.15) is 0 Å². The van der Waals surface area contributed by atoms with Crippen molar-refractivity contribution >= 4 is 5.91 Å². The number of carbonyl (C=O) groups is 1. The van der Waals surface area contributed by atoms with Crippen LogP contribution in [0.25, 0.3) is 0 Å². The van der Waals surface area contributed by atoms with Crippen molar-refractivity contribution in [1.29, 1.82) is 0 Å². The lowest BCUT2D eigenvalue weighted by Crippen LogP contribution is -2.54. The Kier molecular flexibility index (Phi) is 7.13. The third-order valence-electron chi connectivity index (χ3n) is 7.35. The van der Waals surface area contributed by atoms with Crippen molar-refractivity contribution in [3.63, 3.8) is 0 Å². The topological polar surface area (TPSA) is 74.4 Å². The molecule has 2 heterocycles. The monoisotopic (exact) mass is 470 g/mol. The largest absolute Gasteiger partial charge is 0.497 e. The second-order valence-corrected chi connectivity index (χ2v) is 9.59. The molecule has 0 radical (unpaired) electrons. The number of piperidine rings is 1. The zero-order valence-corrected chi connectivity index (χ0v) is 20.3. The number of fused-ring (bicyclic) bond motifs is 1. The van der Waals surface area contributed by atoms with Crippen molar-refractivity contribution in [2.45, 2.75) is 38.0 Å². The van der Waals surface area contributed by atoms with Gasteiger partial charge in [0.1, 0.15) is 5.75 Å². The maximum atomic E-state index is 13.6. The Morgan fingerprint density at radius 3 is 2.37 bits per heavy atom. The summed E-state index contributed by atoms with van der Waals surface area (Å²) in [5.41, 5.74) is 11.7. The Bertz CT molecular complexity index is 1120. The predicted molar refractivity (Wildman–Crippen MR) is 138 cm³/mol. The van der Waals surface area contributed by atoms with Crippen molar-refractivity contribution in [3.05, 3.63) is 101 Å². The van der Waals surface area contributed by atoms with Crippen LogP contribution in [0.2, 0.25) is 0 Å². The van der Waals surface area contributed by atoms with Crippen LogP contribution in [0.3, 0.4) is 0 Å². The molecule has 4 N–H and O–H groups in total. The van der Waals surface area contributed by atoms with Crippen LogP contribution in [0.5, 0.6) is 5.75 Å². The lowest BCUT2D eigenvalue weighted by Gasteiger charge is -2.40. The van der Waals surface area contributed by atoms with E-state index in [0.717, 1.165) is 24.2 Å². The molecule has 0 aromatic heterocycles. The third-order valence-corrected chi connectivity index (χ3v) is 7.35. The maximum absolute atomic E-state index is 13.6. The van der Waals surface area contributed by atoms with Gasteiger partial charge in [0.2, 0.25) is 5.91 Å². The standard InChI is InChI=1S/C29H34N4O2/c1-19-8-10-22(11-9-19)27-26-24(29(34)30-17-16-20-6-4-3-5-7-20)18-25(31-28(26)33-32-27)21-12-14-23(35-2)15-13-21/h3-15,24-28,31-33H,16-18H2,1-2H3,(H,30,34). The van der Waals surface area contributed by atoms with Crippen molar-refractivity contribution in [3.8, 4) is 5.75 Å². The summed E-state index contributed by atoms with van der Waals surface area (Å²) in [6.45, 7) is 2.73. The van der Waals surface area contributed by atoms with Crippen LogP contribution in [0, 0.1) is 18.8 Å².